The Balaban J connectivity index is 2.57. The third-order valence-corrected chi connectivity index (χ3v) is 4.38. The van der Waals surface area contributed by atoms with Gasteiger partial charge in [-0.25, -0.2) is 0 Å². The van der Waals surface area contributed by atoms with Crippen molar-refractivity contribution >= 4 is 15.9 Å². The number of hydrogen-bond donors (Lipinski definition) is 1. The van der Waals surface area contributed by atoms with E-state index in [9.17, 15) is 0 Å². The average molecular weight is 302 g/mol. The fourth-order valence-corrected chi connectivity index (χ4v) is 2.12. The number of halogens is 1. The van der Waals surface area contributed by atoms with Crippen LogP contribution < -0.4 is 5.32 Å². The molecule has 1 rings (SSSR count). The summed E-state index contributed by atoms with van der Waals surface area (Å²) >= 11 is 3.61. The molecule has 1 aromatic heterocycles. The van der Waals surface area contributed by atoms with E-state index < -0.39 is 0 Å². The van der Waals surface area contributed by atoms with Crippen LogP contribution in [0.4, 0.5) is 0 Å². The van der Waals surface area contributed by atoms with E-state index >= 15 is 0 Å². The standard InChI is InChI=1S/C13H24BrN3/c1-6-17-12(13(14)11(5)16-17)8-15-7-10(4)9(2)3/h9-10,15H,6-8H2,1-5H3. The van der Waals surface area contributed by atoms with Crippen molar-refractivity contribution < 1.29 is 0 Å². The Morgan fingerprint density at radius 1 is 1.35 bits per heavy atom. The molecule has 17 heavy (non-hydrogen) atoms. The topological polar surface area (TPSA) is 29.9 Å². The zero-order valence-electron chi connectivity index (χ0n) is 11.5. The average Bonchev–Trinajstić information content (AvgIpc) is 2.56. The number of aromatic nitrogens is 2. The highest BCUT2D eigenvalue weighted by Gasteiger charge is 2.12. The zero-order chi connectivity index (χ0) is 13.0. The molecule has 0 aliphatic rings. The van der Waals surface area contributed by atoms with Gasteiger partial charge in [-0.15, -0.1) is 0 Å². The predicted molar refractivity (Wildman–Crippen MR) is 76.0 cm³/mol. The van der Waals surface area contributed by atoms with E-state index in [0.717, 1.165) is 35.7 Å². The van der Waals surface area contributed by atoms with Crippen LogP contribution in [0.25, 0.3) is 0 Å². The summed E-state index contributed by atoms with van der Waals surface area (Å²) < 4.78 is 3.20. The lowest BCUT2D eigenvalue weighted by molar-refractivity contribution is 0.389. The van der Waals surface area contributed by atoms with E-state index in [0.29, 0.717) is 5.92 Å². The lowest BCUT2D eigenvalue weighted by Crippen LogP contribution is -2.25. The van der Waals surface area contributed by atoms with E-state index in [-0.39, 0.29) is 0 Å². The molecule has 0 aliphatic heterocycles. The summed E-state index contributed by atoms with van der Waals surface area (Å²) in [5, 5.41) is 8.01. The molecule has 1 heterocycles. The second-order valence-corrected chi connectivity index (χ2v) is 5.81. The summed E-state index contributed by atoms with van der Waals surface area (Å²) in [6, 6.07) is 0. The van der Waals surface area contributed by atoms with Gasteiger partial charge >= 0.3 is 0 Å². The third-order valence-electron chi connectivity index (χ3n) is 3.35. The Bertz CT molecular complexity index is 358. The summed E-state index contributed by atoms with van der Waals surface area (Å²) in [7, 11) is 0. The van der Waals surface area contributed by atoms with Crippen LogP contribution in [0.5, 0.6) is 0 Å². The van der Waals surface area contributed by atoms with E-state index in [4.69, 9.17) is 0 Å². The highest BCUT2D eigenvalue weighted by atomic mass is 79.9. The predicted octanol–water partition coefficient (Wildman–Crippen LogP) is 3.36. The Hall–Kier alpha value is -0.350. The molecular formula is C13H24BrN3. The van der Waals surface area contributed by atoms with Gasteiger partial charge in [-0.2, -0.15) is 5.10 Å². The number of nitrogens with one attached hydrogen (secondary N) is 1. The van der Waals surface area contributed by atoms with Crippen molar-refractivity contribution in [1.82, 2.24) is 15.1 Å². The van der Waals surface area contributed by atoms with Crippen molar-refractivity contribution in [3.8, 4) is 0 Å². The van der Waals surface area contributed by atoms with Crippen LogP contribution in [0.2, 0.25) is 0 Å². The van der Waals surface area contributed by atoms with Gasteiger partial charge in [-0.3, -0.25) is 4.68 Å². The van der Waals surface area contributed by atoms with Crippen LogP contribution in [0.1, 0.15) is 39.1 Å². The fourth-order valence-electron chi connectivity index (χ4n) is 1.69. The van der Waals surface area contributed by atoms with Gasteiger partial charge < -0.3 is 5.32 Å². The highest BCUT2D eigenvalue weighted by molar-refractivity contribution is 9.10. The van der Waals surface area contributed by atoms with Gasteiger partial charge in [-0.05, 0) is 48.2 Å². The first-order chi connectivity index (χ1) is 7.97. The van der Waals surface area contributed by atoms with Crippen molar-refractivity contribution in [1.29, 1.82) is 0 Å². The molecule has 0 aliphatic carbocycles. The maximum absolute atomic E-state index is 4.49. The molecule has 1 aromatic rings. The Morgan fingerprint density at radius 3 is 2.53 bits per heavy atom. The van der Waals surface area contributed by atoms with Gasteiger partial charge in [0.25, 0.3) is 0 Å². The summed E-state index contributed by atoms with van der Waals surface area (Å²) in [5.41, 5.74) is 2.32. The van der Waals surface area contributed by atoms with E-state index in [1.54, 1.807) is 0 Å². The van der Waals surface area contributed by atoms with Crippen molar-refractivity contribution in [2.75, 3.05) is 6.54 Å². The van der Waals surface area contributed by atoms with Gasteiger partial charge in [0.2, 0.25) is 0 Å². The summed E-state index contributed by atoms with van der Waals surface area (Å²) in [6.07, 6.45) is 0. The first kappa shape index (κ1) is 14.7. The summed E-state index contributed by atoms with van der Waals surface area (Å²) in [6.45, 7) is 13.8. The van der Waals surface area contributed by atoms with Crippen LogP contribution >= 0.6 is 15.9 Å². The molecule has 0 spiro atoms. The largest absolute Gasteiger partial charge is 0.311 e. The van der Waals surface area contributed by atoms with Gasteiger partial charge in [0, 0.05) is 13.1 Å². The SMILES string of the molecule is CCn1nc(C)c(Br)c1CNCC(C)C(C)C. The number of nitrogens with zero attached hydrogens (tertiary/aromatic N) is 2. The normalized spacial score (nSPS) is 13.4. The first-order valence-electron chi connectivity index (χ1n) is 6.39. The van der Waals surface area contributed by atoms with Crippen molar-refractivity contribution in [2.24, 2.45) is 11.8 Å². The van der Waals surface area contributed by atoms with Crippen LogP contribution in [0.15, 0.2) is 4.47 Å². The number of rotatable bonds is 6. The maximum Gasteiger partial charge on any atom is 0.0739 e. The van der Waals surface area contributed by atoms with Crippen molar-refractivity contribution in [2.45, 2.75) is 47.7 Å². The van der Waals surface area contributed by atoms with Gasteiger partial charge in [-0.1, -0.05) is 20.8 Å². The second kappa shape index (κ2) is 6.55. The van der Waals surface area contributed by atoms with Crippen molar-refractivity contribution in [3.63, 3.8) is 0 Å². The molecule has 0 fully saturated rings. The highest BCUT2D eigenvalue weighted by Crippen LogP contribution is 2.20. The molecule has 4 heteroatoms. The monoisotopic (exact) mass is 301 g/mol. The molecule has 1 atom stereocenters. The third kappa shape index (κ3) is 3.81. The zero-order valence-corrected chi connectivity index (χ0v) is 13.1. The number of aryl methyl sites for hydroxylation is 2. The molecule has 0 bridgehead atoms. The minimum absolute atomic E-state index is 0.702. The molecule has 0 aromatic carbocycles. The smallest absolute Gasteiger partial charge is 0.0739 e. The van der Waals surface area contributed by atoms with Gasteiger partial charge in [0.05, 0.1) is 15.9 Å². The first-order valence-corrected chi connectivity index (χ1v) is 7.19. The Labute approximate surface area is 113 Å². The van der Waals surface area contributed by atoms with Crippen LogP contribution in [0.3, 0.4) is 0 Å². The summed E-state index contributed by atoms with van der Waals surface area (Å²) in [4.78, 5) is 0. The maximum atomic E-state index is 4.49. The van der Waals surface area contributed by atoms with Gasteiger partial charge in [0.15, 0.2) is 0 Å². The lowest BCUT2D eigenvalue weighted by Gasteiger charge is -2.16. The van der Waals surface area contributed by atoms with Crippen LogP contribution in [-0.4, -0.2) is 16.3 Å². The van der Waals surface area contributed by atoms with Gasteiger partial charge in [0.1, 0.15) is 0 Å². The molecular weight excluding hydrogens is 278 g/mol. The molecule has 3 nitrogen and oxygen atoms in total. The fraction of sp³-hybridized carbons (Fsp3) is 0.769. The second-order valence-electron chi connectivity index (χ2n) is 5.01. The molecule has 98 valence electrons. The minimum Gasteiger partial charge on any atom is -0.311 e. The van der Waals surface area contributed by atoms with Crippen LogP contribution in [0, 0.1) is 18.8 Å². The Kier molecular flexibility index (Phi) is 5.67. The van der Waals surface area contributed by atoms with E-state index in [1.807, 2.05) is 6.92 Å². The minimum atomic E-state index is 0.702. The summed E-state index contributed by atoms with van der Waals surface area (Å²) in [5.74, 6) is 1.43. The van der Waals surface area contributed by atoms with Crippen LogP contribution in [-0.2, 0) is 13.1 Å². The molecule has 1 unspecified atom stereocenters. The molecule has 0 saturated carbocycles. The van der Waals surface area contributed by atoms with Crippen molar-refractivity contribution in [3.05, 3.63) is 15.9 Å². The number of hydrogen-bond acceptors (Lipinski definition) is 2. The molecule has 0 radical (unpaired) electrons. The van der Waals surface area contributed by atoms with E-state index in [1.165, 1.54) is 5.69 Å². The molecule has 0 amide bonds. The lowest BCUT2D eigenvalue weighted by atomic mass is 9.98. The molecule has 0 saturated heterocycles. The quantitative estimate of drug-likeness (QED) is 0.873. The Morgan fingerprint density at radius 2 is 2.00 bits per heavy atom. The van der Waals surface area contributed by atoms with E-state index in [2.05, 4.69) is 58.7 Å². The molecule has 1 N–H and O–H groups in total.